The molecule has 2 bridgehead atoms. The zero-order valence-electron chi connectivity index (χ0n) is 22.2. The summed E-state index contributed by atoms with van der Waals surface area (Å²) in [5, 5.41) is 5.93. The van der Waals surface area contributed by atoms with E-state index in [0.29, 0.717) is 11.2 Å². The molecule has 0 amide bonds. The molecule has 0 radical (unpaired) electrons. The van der Waals surface area contributed by atoms with E-state index in [1.54, 1.807) is 0 Å². The van der Waals surface area contributed by atoms with E-state index in [1.165, 1.54) is 71.0 Å². The number of fused-ring (bicyclic) bond motifs is 9. The first-order valence-electron chi connectivity index (χ1n) is 14.2. The fourth-order valence-electron chi connectivity index (χ4n) is 6.89. The number of hydrogen-bond donors (Lipinski definition) is 0. The number of hydrogen-bond acceptors (Lipinski definition) is 1. The van der Waals surface area contributed by atoms with Gasteiger partial charge in [0.25, 0.3) is 0 Å². The average Bonchev–Trinajstić information content (AvgIpc) is 3.18. The van der Waals surface area contributed by atoms with Gasteiger partial charge in [-0.1, -0.05) is 110 Å². The molecule has 0 spiro atoms. The molecule has 188 valence electrons. The first kappa shape index (κ1) is 23.1. The van der Waals surface area contributed by atoms with Crippen LogP contribution in [0, 0.1) is 0 Å². The molecule has 0 aromatic heterocycles. The van der Waals surface area contributed by atoms with E-state index in [-0.39, 0.29) is 0 Å². The molecule has 8 rings (SSSR count). The zero-order valence-corrected chi connectivity index (χ0v) is 23.0. The Morgan fingerprint density at radius 2 is 1.49 bits per heavy atom. The van der Waals surface area contributed by atoms with Crippen LogP contribution in [-0.2, 0) is 0 Å². The van der Waals surface area contributed by atoms with Crippen LogP contribution in [0.2, 0.25) is 0 Å². The normalized spacial score (nSPS) is 19.5. The Kier molecular flexibility index (Phi) is 5.42. The summed E-state index contributed by atoms with van der Waals surface area (Å²) in [6.07, 6.45) is 15.3. The van der Waals surface area contributed by atoms with Crippen molar-refractivity contribution in [3.05, 3.63) is 126 Å². The summed E-state index contributed by atoms with van der Waals surface area (Å²) in [7, 11) is 0. The zero-order chi connectivity index (χ0) is 25.9. The second-order valence-corrected chi connectivity index (χ2v) is 12.4. The smallest absolute Gasteiger partial charge is 0.0461 e. The molecule has 2 unspecified atom stereocenters. The molecule has 0 N–H and O–H groups in total. The van der Waals surface area contributed by atoms with Crippen molar-refractivity contribution < 1.29 is 0 Å². The Morgan fingerprint density at radius 3 is 2.44 bits per heavy atom. The van der Waals surface area contributed by atoms with Crippen molar-refractivity contribution in [1.82, 2.24) is 0 Å². The van der Waals surface area contributed by atoms with Crippen LogP contribution in [0.4, 0.5) is 0 Å². The van der Waals surface area contributed by atoms with Gasteiger partial charge >= 0.3 is 0 Å². The van der Waals surface area contributed by atoms with Crippen molar-refractivity contribution >= 4 is 45.0 Å². The van der Waals surface area contributed by atoms with Gasteiger partial charge in [-0.15, -0.1) is 11.8 Å². The average molecular weight is 519 g/mol. The fraction of sp³-hybridized carbons (Fsp3) is 0.158. The largest absolute Gasteiger partial charge is 0.113 e. The molecule has 1 heterocycles. The van der Waals surface area contributed by atoms with E-state index in [9.17, 15) is 0 Å². The van der Waals surface area contributed by atoms with E-state index in [1.807, 2.05) is 11.8 Å². The Labute approximate surface area is 234 Å². The molecule has 5 aromatic carbocycles. The maximum Gasteiger partial charge on any atom is 0.0461 e. The minimum absolute atomic E-state index is 0.442. The lowest BCUT2D eigenvalue weighted by Gasteiger charge is -2.24. The lowest BCUT2D eigenvalue weighted by molar-refractivity contribution is 0.781. The number of allylic oxidation sites excluding steroid dienone is 3. The first-order valence-corrected chi connectivity index (χ1v) is 15.1. The van der Waals surface area contributed by atoms with Gasteiger partial charge in [0.05, 0.1) is 0 Å². The molecule has 5 aromatic rings. The van der Waals surface area contributed by atoms with Gasteiger partial charge in [0.15, 0.2) is 0 Å². The SMILES string of the molecule is CC1CC=Cc2c1c1cc(-c3cccc(-c4cccc5c4SC4C=CCCC5=C4)c3)ccc1c1ccccc21. The Balaban J connectivity index is 1.29. The maximum atomic E-state index is 2.46. The summed E-state index contributed by atoms with van der Waals surface area (Å²) >= 11 is 2.00. The molecular weight excluding hydrogens is 488 g/mol. The van der Waals surface area contributed by atoms with Crippen molar-refractivity contribution in [3.63, 3.8) is 0 Å². The van der Waals surface area contributed by atoms with Crippen LogP contribution in [0.5, 0.6) is 0 Å². The van der Waals surface area contributed by atoms with Crippen molar-refractivity contribution in [2.45, 2.75) is 42.2 Å². The third-order valence-electron chi connectivity index (χ3n) is 8.77. The lowest BCUT2D eigenvalue weighted by Crippen LogP contribution is -2.03. The summed E-state index contributed by atoms with van der Waals surface area (Å²) in [6, 6.07) is 32.1. The highest BCUT2D eigenvalue weighted by molar-refractivity contribution is 8.00. The highest BCUT2D eigenvalue weighted by Crippen LogP contribution is 2.47. The van der Waals surface area contributed by atoms with E-state index in [2.05, 4.69) is 122 Å². The van der Waals surface area contributed by atoms with Crippen LogP contribution < -0.4 is 0 Å². The van der Waals surface area contributed by atoms with Crippen molar-refractivity contribution in [3.8, 4) is 22.3 Å². The van der Waals surface area contributed by atoms with E-state index < -0.39 is 0 Å². The van der Waals surface area contributed by atoms with Gasteiger partial charge in [0.2, 0.25) is 0 Å². The van der Waals surface area contributed by atoms with Gasteiger partial charge in [-0.25, -0.2) is 0 Å². The Morgan fingerprint density at radius 1 is 0.692 bits per heavy atom. The summed E-state index contributed by atoms with van der Waals surface area (Å²) in [6.45, 7) is 2.38. The highest BCUT2D eigenvalue weighted by Gasteiger charge is 2.24. The molecule has 39 heavy (non-hydrogen) atoms. The molecule has 1 aliphatic heterocycles. The van der Waals surface area contributed by atoms with Crippen LogP contribution in [0.3, 0.4) is 0 Å². The quantitative estimate of drug-likeness (QED) is 0.165. The number of rotatable bonds is 2. The van der Waals surface area contributed by atoms with E-state index in [4.69, 9.17) is 0 Å². The molecule has 1 heteroatoms. The summed E-state index contributed by atoms with van der Waals surface area (Å²) in [4.78, 5) is 1.43. The van der Waals surface area contributed by atoms with E-state index >= 15 is 0 Å². The molecule has 0 fully saturated rings. The second kappa shape index (κ2) is 9.14. The van der Waals surface area contributed by atoms with Crippen LogP contribution in [-0.4, -0.2) is 5.25 Å². The highest BCUT2D eigenvalue weighted by atomic mass is 32.2. The molecule has 3 aliphatic rings. The van der Waals surface area contributed by atoms with Crippen LogP contribution in [0.15, 0.2) is 114 Å². The standard InChI is InChI=1S/C38H30S/c1-24-9-6-18-35-33-15-5-4-14-32(33)34-20-19-26(23-36(34)37(24)35)25-11-7-12-27(21-25)30-16-8-17-31-28-10-2-3-13-29(22-28)39-38(30)31/h3-8,11-24,29H,2,9-10H2,1H3. The monoisotopic (exact) mass is 518 g/mol. The lowest BCUT2D eigenvalue weighted by atomic mass is 9.81. The molecular formula is C38H30S. The van der Waals surface area contributed by atoms with Crippen molar-refractivity contribution in [1.29, 1.82) is 0 Å². The van der Waals surface area contributed by atoms with Gasteiger partial charge in [-0.3, -0.25) is 0 Å². The van der Waals surface area contributed by atoms with Gasteiger partial charge < -0.3 is 0 Å². The van der Waals surface area contributed by atoms with Crippen LogP contribution in [0.25, 0.3) is 55.4 Å². The van der Waals surface area contributed by atoms with Crippen LogP contribution in [0.1, 0.15) is 48.8 Å². The minimum Gasteiger partial charge on any atom is -0.113 e. The first-order chi connectivity index (χ1) is 19.2. The van der Waals surface area contributed by atoms with Crippen molar-refractivity contribution in [2.75, 3.05) is 0 Å². The topological polar surface area (TPSA) is 0 Å². The maximum absolute atomic E-state index is 2.46. The van der Waals surface area contributed by atoms with Gasteiger partial charge in [-0.05, 0) is 103 Å². The van der Waals surface area contributed by atoms with Gasteiger partial charge in [0, 0.05) is 10.1 Å². The number of benzene rings is 5. The molecule has 2 aliphatic carbocycles. The Bertz CT molecular complexity index is 1880. The molecule has 0 saturated carbocycles. The van der Waals surface area contributed by atoms with Gasteiger partial charge in [0.1, 0.15) is 0 Å². The summed E-state index contributed by atoms with van der Waals surface area (Å²) in [5.41, 5.74) is 11.1. The van der Waals surface area contributed by atoms with Crippen LogP contribution >= 0.6 is 11.8 Å². The predicted molar refractivity (Wildman–Crippen MR) is 170 cm³/mol. The van der Waals surface area contributed by atoms with Crippen molar-refractivity contribution in [2.24, 2.45) is 0 Å². The fourth-order valence-corrected chi connectivity index (χ4v) is 8.23. The number of thioether (sulfide) groups is 1. The third-order valence-corrected chi connectivity index (χ3v) is 10.0. The second-order valence-electron chi connectivity index (χ2n) is 11.2. The van der Waals surface area contributed by atoms with Gasteiger partial charge in [-0.2, -0.15) is 0 Å². The van der Waals surface area contributed by atoms with E-state index in [0.717, 1.165) is 19.3 Å². The Hall–Kier alpha value is -3.81. The molecule has 0 nitrogen and oxygen atoms in total. The molecule has 0 saturated heterocycles. The third kappa shape index (κ3) is 3.75. The summed E-state index contributed by atoms with van der Waals surface area (Å²) < 4.78 is 0. The minimum atomic E-state index is 0.442. The summed E-state index contributed by atoms with van der Waals surface area (Å²) in [5.74, 6) is 0.512. The predicted octanol–water partition coefficient (Wildman–Crippen LogP) is 11.1. The molecule has 2 atom stereocenters.